The van der Waals surface area contributed by atoms with Crippen molar-refractivity contribution < 1.29 is 0 Å². The minimum Gasteiger partial charge on any atom is -0.279 e. The Morgan fingerprint density at radius 2 is 1.91 bits per heavy atom. The van der Waals surface area contributed by atoms with Crippen LogP contribution in [0.1, 0.15) is 11.3 Å². The Morgan fingerprint density at radius 1 is 1.09 bits per heavy atom. The summed E-state index contributed by atoms with van der Waals surface area (Å²) in [5.41, 5.74) is 1.03. The van der Waals surface area contributed by atoms with Gasteiger partial charge in [0.2, 0.25) is 0 Å². The van der Waals surface area contributed by atoms with Crippen molar-refractivity contribution >= 4 is 23.3 Å². The van der Waals surface area contributed by atoms with E-state index in [4.69, 9.17) is 0 Å². The summed E-state index contributed by atoms with van der Waals surface area (Å²) in [4.78, 5) is 36.4. The van der Waals surface area contributed by atoms with Crippen LogP contribution in [-0.2, 0) is 14.1 Å². The zero-order valence-electron chi connectivity index (χ0n) is 12.1. The van der Waals surface area contributed by atoms with E-state index in [2.05, 4.69) is 15.0 Å². The van der Waals surface area contributed by atoms with Gasteiger partial charge in [-0.25, -0.2) is 14.8 Å². The third-order valence-corrected chi connectivity index (χ3v) is 3.30. The second-order valence-corrected chi connectivity index (χ2v) is 4.79. The van der Waals surface area contributed by atoms with E-state index in [1.54, 1.807) is 25.5 Å². The van der Waals surface area contributed by atoms with Crippen LogP contribution in [0.25, 0.3) is 23.3 Å². The molecule has 22 heavy (non-hydrogen) atoms. The van der Waals surface area contributed by atoms with Gasteiger partial charge in [0.15, 0.2) is 11.2 Å². The molecular formula is C15H13N5O2. The summed E-state index contributed by atoms with van der Waals surface area (Å²) < 4.78 is 2.33. The third-order valence-electron chi connectivity index (χ3n) is 3.30. The summed E-state index contributed by atoms with van der Waals surface area (Å²) in [7, 11) is 2.98. The van der Waals surface area contributed by atoms with E-state index in [-0.39, 0.29) is 11.2 Å². The van der Waals surface area contributed by atoms with E-state index in [1.807, 2.05) is 18.2 Å². The summed E-state index contributed by atoms with van der Waals surface area (Å²) in [5.74, 6) is 0. The molecule has 3 heterocycles. The first-order valence-electron chi connectivity index (χ1n) is 6.59. The molecule has 0 spiro atoms. The fourth-order valence-corrected chi connectivity index (χ4v) is 2.08. The quantitative estimate of drug-likeness (QED) is 0.691. The van der Waals surface area contributed by atoms with Crippen LogP contribution in [0.5, 0.6) is 0 Å². The van der Waals surface area contributed by atoms with Gasteiger partial charge >= 0.3 is 5.69 Å². The number of pyridine rings is 1. The van der Waals surface area contributed by atoms with Crippen molar-refractivity contribution in [2.75, 3.05) is 0 Å². The Morgan fingerprint density at radius 3 is 2.64 bits per heavy atom. The maximum Gasteiger partial charge on any atom is 0.332 e. The Bertz CT molecular complexity index is 986. The van der Waals surface area contributed by atoms with Gasteiger partial charge in [0.25, 0.3) is 5.56 Å². The fraction of sp³-hybridized carbons (Fsp3) is 0.133. The first-order chi connectivity index (χ1) is 10.6. The highest BCUT2D eigenvalue weighted by Gasteiger charge is 2.10. The van der Waals surface area contributed by atoms with Gasteiger partial charge in [-0.3, -0.25) is 18.9 Å². The lowest BCUT2D eigenvalue weighted by Gasteiger charge is -2.06. The van der Waals surface area contributed by atoms with Crippen LogP contribution >= 0.6 is 0 Å². The first-order valence-corrected chi connectivity index (χ1v) is 6.59. The first kappa shape index (κ1) is 13.9. The van der Waals surface area contributed by atoms with E-state index in [0.717, 1.165) is 10.1 Å². The average Bonchev–Trinajstić information content (AvgIpc) is 2.57. The van der Waals surface area contributed by atoms with Crippen LogP contribution < -0.4 is 11.2 Å². The minimum atomic E-state index is -0.451. The SMILES string of the molecule is Cn1c(=O)c2ncc(C=Cc3cccnc3)nc2n(C)c1=O. The van der Waals surface area contributed by atoms with Gasteiger partial charge in [0.05, 0.1) is 11.9 Å². The van der Waals surface area contributed by atoms with Gasteiger partial charge < -0.3 is 0 Å². The van der Waals surface area contributed by atoms with Crippen LogP contribution in [0.2, 0.25) is 0 Å². The van der Waals surface area contributed by atoms with Gasteiger partial charge in [0.1, 0.15) is 0 Å². The van der Waals surface area contributed by atoms with Crippen molar-refractivity contribution in [3.8, 4) is 0 Å². The van der Waals surface area contributed by atoms with Crippen LogP contribution in [0.4, 0.5) is 0 Å². The van der Waals surface area contributed by atoms with Gasteiger partial charge in [-0.2, -0.15) is 0 Å². The van der Waals surface area contributed by atoms with Crippen molar-refractivity contribution in [3.63, 3.8) is 0 Å². The molecule has 0 aromatic carbocycles. The molecule has 3 aromatic heterocycles. The van der Waals surface area contributed by atoms with E-state index in [9.17, 15) is 9.59 Å². The molecular weight excluding hydrogens is 282 g/mol. The molecule has 7 nitrogen and oxygen atoms in total. The van der Waals surface area contributed by atoms with Crippen LogP contribution in [-0.4, -0.2) is 24.1 Å². The van der Waals surface area contributed by atoms with Crippen LogP contribution in [0.15, 0.2) is 40.3 Å². The highest BCUT2D eigenvalue weighted by Crippen LogP contribution is 2.07. The molecule has 0 radical (unpaired) electrons. The second-order valence-electron chi connectivity index (χ2n) is 4.79. The van der Waals surface area contributed by atoms with E-state index < -0.39 is 11.2 Å². The molecule has 0 aliphatic heterocycles. The zero-order chi connectivity index (χ0) is 15.7. The van der Waals surface area contributed by atoms with Crippen molar-refractivity contribution in [3.05, 3.63) is 62.8 Å². The van der Waals surface area contributed by atoms with Crippen molar-refractivity contribution in [2.45, 2.75) is 0 Å². The van der Waals surface area contributed by atoms with E-state index in [1.165, 1.54) is 17.8 Å². The maximum absolute atomic E-state index is 12.0. The lowest BCUT2D eigenvalue weighted by Crippen LogP contribution is -2.37. The molecule has 3 aromatic rings. The number of rotatable bonds is 2. The molecule has 0 saturated carbocycles. The smallest absolute Gasteiger partial charge is 0.279 e. The monoisotopic (exact) mass is 295 g/mol. The number of aromatic nitrogens is 5. The average molecular weight is 295 g/mol. The Hall–Kier alpha value is -3.09. The lowest BCUT2D eigenvalue weighted by atomic mass is 10.2. The second kappa shape index (κ2) is 5.36. The Balaban J connectivity index is 2.13. The summed E-state index contributed by atoms with van der Waals surface area (Å²) in [6.07, 6.45) is 8.50. The summed E-state index contributed by atoms with van der Waals surface area (Å²) in [6, 6.07) is 3.74. The molecule has 0 amide bonds. The van der Waals surface area contributed by atoms with Gasteiger partial charge in [-0.15, -0.1) is 0 Å². The normalized spacial score (nSPS) is 11.4. The fourth-order valence-electron chi connectivity index (χ4n) is 2.08. The van der Waals surface area contributed by atoms with Crippen molar-refractivity contribution in [2.24, 2.45) is 14.1 Å². The molecule has 0 aliphatic rings. The summed E-state index contributed by atoms with van der Waals surface area (Å²) >= 11 is 0. The highest BCUT2D eigenvalue weighted by molar-refractivity contribution is 5.73. The predicted molar refractivity (Wildman–Crippen MR) is 83.2 cm³/mol. The number of aryl methyl sites for hydroxylation is 1. The molecule has 0 saturated heterocycles. The largest absolute Gasteiger partial charge is 0.332 e. The molecule has 7 heteroatoms. The molecule has 3 rings (SSSR count). The number of hydrogen-bond acceptors (Lipinski definition) is 5. The van der Waals surface area contributed by atoms with Crippen molar-refractivity contribution in [1.82, 2.24) is 24.1 Å². The predicted octanol–water partition coefficient (Wildman–Crippen LogP) is 0.593. The zero-order valence-corrected chi connectivity index (χ0v) is 12.1. The molecule has 0 fully saturated rings. The van der Waals surface area contributed by atoms with Crippen LogP contribution in [0.3, 0.4) is 0 Å². The summed E-state index contributed by atoms with van der Waals surface area (Å²) in [6.45, 7) is 0. The third kappa shape index (κ3) is 2.32. The standard InChI is InChI=1S/C15H13N5O2/c1-19-13-12(14(21)20(2)15(19)22)17-9-11(18-13)6-5-10-4-3-7-16-8-10/h3-9H,1-2H3. The summed E-state index contributed by atoms with van der Waals surface area (Å²) in [5, 5.41) is 0. The topological polar surface area (TPSA) is 82.7 Å². The Kier molecular flexibility index (Phi) is 3.38. The van der Waals surface area contributed by atoms with E-state index >= 15 is 0 Å². The molecule has 0 N–H and O–H groups in total. The molecule has 0 unspecified atom stereocenters. The number of fused-ring (bicyclic) bond motifs is 1. The van der Waals surface area contributed by atoms with E-state index in [0.29, 0.717) is 5.69 Å². The van der Waals surface area contributed by atoms with Gasteiger partial charge in [-0.1, -0.05) is 12.1 Å². The molecule has 0 aliphatic carbocycles. The van der Waals surface area contributed by atoms with Gasteiger partial charge in [0, 0.05) is 26.5 Å². The molecule has 110 valence electrons. The highest BCUT2D eigenvalue weighted by atomic mass is 16.2. The minimum absolute atomic E-state index is 0.170. The lowest BCUT2D eigenvalue weighted by molar-refractivity contribution is 0.704. The van der Waals surface area contributed by atoms with Crippen LogP contribution in [0, 0.1) is 0 Å². The number of hydrogen-bond donors (Lipinski definition) is 0. The van der Waals surface area contributed by atoms with Crippen molar-refractivity contribution in [1.29, 1.82) is 0 Å². The molecule has 0 atom stereocenters. The Labute approximate surface area is 125 Å². The number of nitrogens with zero attached hydrogens (tertiary/aromatic N) is 5. The van der Waals surface area contributed by atoms with Gasteiger partial charge in [-0.05, 0) is 17.7 Å². The maximum atomic E-state index is 12.0. The molecule has 0 bridgehead atoms.